The first-order valence-electron chi connectivity index (χ1n) is 7.23. The molecule has 0 aliphatic heterocycles. The van der Waals surface area contributed by atoms with Gasteiger partial charge in [0.25, 0.3) is 5.91 Å². The predicted octanol–water partition coefficient (Wildman–Crippen LogP) is 3.83. The van der Waals surface area contributed by atoms with E-state index in [0.29, 0.717) is 0 Å². The van der Waals surface area contributed by atoms with Crippen LogP contribution >= 0.6 is 0 Å². The first-order chi connectivity index (χ1) is 9.86. The Morgan fingerprint density at radius 1 is 0.800 bits per heavy atom. The molecule has 0 saturated heterocycles. The molecule has 2 heteroatoms. The van der Waals surface area contributed by atoms with Crippen LogP contribution in [0.15, 0.2) is 60.7 Å². The van der Waals surface area contributed by atoms with E-state index in [1.54, 1.807) is 0 Å². The van der Waals surface area contributed by atoms with Gasteiger partial charge in [-0.1, -0.05) is 55.0 Å². The molecule has 2 aromatic rings. The molecule has 0 unspecified atom stereocenters. The first-order valence-corrected chi connectivity index (χ1v) is 7.23. The van der Waals surface area contributed by atoms with Crippen molar-refractivity contribution in [2.24, 2.45) is 0 Å². The Morgan fingerprint density at radius 2 is 1.45 bits per heavy atom. The van der Waals surface area contributed by atoms with Gasteiger partial charge in [0.2, 0.25) is 0 Å². The molecule has 0 saturated carbocycles. The van der Waals surface area contributed by atoms with Crippen molar-refractivity contribution in [3.63, 3.8) is 0 Å². The topological polar surface area (TPSA) is 29.1 Å². The quantitative estimate of drug-likeness (QED) is 0.759. The van der Waals surface area contributed by atoms with Crippen LogP contribution in [0.5, 0.6) is 0 Å². The summed E-state index contributed by atoms with van der Waals surface area (Å²) in [4.78, 5) is 11.8. The highest BCUT2D eigenvalue weighted by Crippen LogP contribution is 2.06. The summed E-state index contributed by atoms with van der Waals surface area (Å²) in [7, 11) is 0. The molecule has 1 N–H and O–H groups in total. The number of nitrogens with one attached hydrogen (secondary N) is 1. The van der Waals surface area contributed by atoms with E-state index < -0.39 is 0 Å². The van der Waals surface area contributed by atoms with Crippen molar-refractivity contribution in [1.82, 2.24) is 5.32 Å². The van der Waals surface area contributed by atoms with Gasteiger partial charge < -0.3 is 5.32 Å². The van der Waals surface area contributed by atoms with Crippen LogP contribution in [0.25, 0.3) is 0 Å². The highest BCUT2D eigenvalue weighted by atomic mass is 16.1. The molecule has 0 bridgehead atoms. The maximum absolute atomic E-state index is 11.8. The number of hydrogen-bond acceptors (Lipinski definition) is 1. The van der Waals surface area contributed by atoms with Gasteiger partial charge in [0.05, 0.1) is 0 Å². The van der Waals surface area contributed by atoms with Gasteiger partial charge in [0.1, 0.15) is 0 Å². The van der Waals surface area contributed by atoms with E-state index in [2.05, 4.69) is 29.6 Å². The molecule has 104 valence electrons. The normalized spacial score (nSPS) is 10.2. The minimum atomic E-state index is 0.0219. The summed E-state index contributed by atoms with van der Waals surface area (Å²) in [6.45, 7) is 0.752. The molecular formula is C18H21NO. The Labute approximate surface area is 120 Å². The third-order valence-electron chi connectivity index (χ3n) is 3.31. The molecule has 2 rings (SSSR count). The van der Waals surface area contributed by atoms with Gasteiger partial charge >= 0.3 is 0 Å². The summed E-state index contributed by atoms with van der Waals surface area (Å²) in [5.74, 6) is 0.0219. The van der Waals surface area contributed by atoms with Crippen molar-refractivity contribution < 1.29 is 4.79 Å². The third-order valence-corrected chi connectivity index (χ3v) is 3.31. The van der Waals surface area contributed by atoms with Gasteiger partial charge in [-0.3, -0.25) is 4.79 Å². The van der Waals surface area contributed by atoms with Crippen LogP contribution in [0, 0.1) is 0 Å². The minimum Gasteiger partial charge on any atom is -0.352 e. The fourth-order valence-corrected chi connectivity index (χ4v) is 2.17. The van der Waals surface area contributed by atoms with E-state index in [-0.39, 0.29) is 5.91 Å². The van der Waals surface area contributed by atoms with E-state index in [9.17, 15) is 4.79 Å². The van der Waals surface area contributed by atoms with Crippen molar-refractivity contribution in [1.29, 1.82) is 0 Å². The second kappa shape index (κ2) is 8.16. The molecule has 0 aromatic heterocycles. The lowest BCUT2D eigenvalue weighted by atomic mass is 10.1. The molecule has 0 atom stereocenters. The average molecular weight is 267 g/mol. The van der Waals surface area contributed by atoms with Crippen LogP contribution < -0.4 is 5.32 Å². The summed E-state index contributed by atoms with van der Waals surface area (Å²) < 4.78 is 0. The summed E-state index contributed by atoms with van der Waals surface area (Å²) in [5, 5.41) is 2.96. The highest BCUT2D eigenvalue weighted by molar-refractivity contribution is 5.94. The number of amides is 1. The molecule has 1 amide bonds. The Morgan fingerprint density at radius 3 is 2.15 bits per heavy atom. The molecule has 2 nitrogen and oxygen atoms in total. The first kappa shape index (κ1) is 14.3. The minimum absolute atomic E-state index is 0.0219. The van der Waals surface area contributed by atoms with Gasteiger partial charge in [-0.15, -0.1) is 0 Å². The molecule has 2 aromatic carbocycles. The van der Waals surface area contributed by atoms with E-state index in [1.165, 1.54) is 12.0 Å². The predicted molar refractivity (Wildman–Crippen MR) is 82.8 cm³/mol. The van der Waals surface area contributed by atoms with Crippen LogP contribution in [-0.4, -0.2) is 12.5 Å². The number of aryl methyl sites for hydroxylation is 1. The molecule has 0 spiro atoms. The van der Waals surface area contributed by atoms with Crippen molar-refractivity contribution >= 4 is 5.91 Å². The third kappa shape index (κ3) is 4.88. The maximum atomic E-state index is 11.8. The van der Waals surface area contributed by atoms with Gasteiger partial charge in [-0.2, -0.15) is 0 Å². The summed E-state index contributed by atoms with van der Waals surface area (Å²) >= 11 is 0. The Bertz CT molecular complexity index is 507. The fourth-order valence-electron chi connectivity index (χ4n) is 2.17. The Kier molecular flexibility index (Phi) is 5.84. The van der Waals surface area contributed by atoms with Gasteiger partial charge in [-0.25, -0.2) is 0 Å². The largest absolute Gasteiger partial charge is 0.352 e. The Balaban J connectivity index is 1.57. The lowest BCUT2D eigenvalue weighted by molar-refractivity contribution is 0.0953. The number of hydrogen-bond donors (Lipinski definition) is 1. The zero-order valence-electron chi connectivity index (χ0n) is 11.7. The van der Waals surface area contributed by atoms with Crippen molar-refractivity contribution in [2.45, 2.75) is 25.7 Å². The molecule has 0 radical (unpaired) electrons. The SMILES string of the molecule is O=C(NCCCCCc1ccccc1)c1ccccc1. The van der Waals surface area contributed by atoms with Crippen LogP contribution in [0.1, 0.15) is 35.2 Å². The second-order valence-electron chi connectivity index (χ2n) is 4.92. The standard InChI is InChI=1S/C18H21NO/c20-18(17-13-7-2-8-14-17)19-15-9-3-6-12-16-10-4-1-5-11-16/h1-2,4-5,7-8,10-11,13-14H,3,6,9,12,15H2,(H,19,20). The number of carbonyl (C=O) groups excluding carboxylic acids is 1. The summed E-state index contributed by atoms with van der Waals surface area (Å²) in [6.07, 6.45) is 4.47. The zero-order chi connectivity index (χ0) is 14.0. The molecule has 0 heterocycles. The lowest BCUT2D eigenvalue weighted by Gasteiger charge is -2.05. The highest BCUT2D eigenvalue weighted by Gasteiger charge is 2.02. The Hall–Kier alpha value is -2.09. The van der Waals surface area contributed by atoms with Gasteiger partial charge in [-0.05, 0) is 37.0 Å². The zero-order valence-corrected chi connectivity index (χ0v) is 11.7. The van der Waals surface area contributed by atoms with E-state index in [4.69, 9.17) is 0 Å². The molecule has 0 aliphatic rings. The summed E-state index contributed by atoms with van der Waals surface area (Å²) in [6, 6.07) is 19.9. The maximum Gasteiger partial charge on any atom is 0.251 e. The number of benzene rings is 2. The van der Waals surface area contributed by atoms with Crippen molar-refractivity contribution in [3.8, 4) is 0 Å². The van der Waals surface area contributed by atoms with E-state index >= 15 is 0 Å². The van der Waals surface area contributed by atoms with Crippen LogP contribution in [0.2, 0.25) is 0 Å². The number of unbranched alkanes of at least 4 members (excludes halogenated alkanes) is 2. The summed E-state index contributed by atoms with van der Waals surface area (Å²) in [5.41, 5.74) is 2.12. The van der Waals surface area contributed by atoms with Crippen LogP contribution in [-0.2, 0) is 6.42 Å². The van der Waals surface area contributed by atoms with Crippen molar-refractivity contribution in [3.05, 3.63) is 71.8 Å². The van der Waals surface area contributed by atoms with Crippen LogP contribution in [0.3, 0.4) is 0 Å². The number of rotatable bonds is 7. The van der Waals surface area contributed by atoms with Crippen LogP contribution in [0.4, 0.5) is 0 Å². The molecule has 0 fully saturated rings. The van der Waals surface area contributed by atoms with Crippen molar-refractivity contribution in [2.75, 3.05) is 6.54 Å². The average Bonchev–Trinajstić information content (AvgIpc) is 2.52. The molecule has 0 aliphatic carbocycles. The monoisotopic (exact) mass is 267 g/mol. The molecule has 20 heavy (non-hydrogen) atoms. The van der Waals surface area contributed by atoms with Gasteiger partial charge in [0.15, 0.2) is 0 Å². The van der Waals surface area contributed by atoms with E-state index in [1.807, 2.05) is 36.4 Å². The second-order valence-corrected chi connectivity index (χ2v) is 4.92. The molecular weight excluding hydrogens is 246 g/mol. The lowest BCUT2D eigenvalue weighted by Crippen LogP contribution is -2.24. The smallest absolute Gasteiger partial charge is 0.251 e. The van der Waals surface area contributed by atoms with Gasteiger partial charge in [0, 0.05) is 12.1 Å². The van der Waals surface area contributed by atoms with E-state index in [0.717, 1.165) is 31.4 Å². The fraction of sp³-hybridized carbons (Fsp3) is 0.278. The number of carbonyl (C=O) groups is 1.